The molecule has 0 radical (unpaired) electrons. The summed E-state index contributed by atoms with van der Waals surface area (Å²) < 4.78 is 16.3. The molecule has 1 aromatic heterocycles. The first-order chi connectivity index (χ1) is 16.1. The van der Waals surface area contributed by atoms with E-state index in [0.717, 1.165) is 0 Å². The molecule has 8 nitrogen and oxygen atoms in total. The van der Waals surface area contributed by atoms with Crippen molar-refractivity contribution in [3.63, 3.8) is 0 Å². The molecule has 3 aromatic rings. The number of amides is 1. The summed E-state index contributed by atoms with van der Waals surface area (Å²) in [5, 5.41) is 11.2. The molecule has 166 valence electrons. The predicted octanol–water partition coefficient (Wildman–Crippen LogP) is 3.49. The van der Waals surface area contributed by atoms with Gasteiger partial charge < -0.3 is 19.3 Å². The number of anilines is 1. The van der Waals surface area contributed by atoms with Gasteiger partial charge in [0, 0.05) is 23.6 Å². The Kier molecular flexibility index (Phi) is 5.18. The van der Waals surface area contributed by atoms with E-state index < -0.39 is 17.7 Å². The van der Waals surface area contributed by atoms with Gasteiger partial charge >= 0.3 is 0 Å². The van der Waals surface area contributed by atoms with Crippen molar-refractivity contribution in [1.29, 1.82) is 0 Å². The van der Waals surface area contributed by atoms with Crippen LogP contribution in [0, 0.1) is 0 Å². The molecule has 2 aromatic carbocycles. The van der Waals surface area contributed by atoms with E-state index in [2.05, 4.69) is 4.98 Å². The molecule has 0 spiro atoms. The molecule has 2 aliphatic heterocycles. The first-order valence-corrected chi connectivity index (χ1v) is 10.3. The molecule has 1 unspecified atom stereocenters. The minimum Gasteiger partial charge on any atom is -0.507 e. The Morgan fingerprint density at radius 3 is 2.39 bits per heavy atom. The van der Waals surface area contributed by atoms with Gasteiger partial charge in [0.1, 0.15) is 24.7 Å². The van der Waals surface area contributed by atoms with Crippen LogP contribution in [0.2, 0.25) is 0 Å². The van der Waals surface area contributed by atoms with Crippen molar-refractivity contribution in [2.24, 2.45) is 0 Å². The Bertz CT molecular complexity index is 1250. The molecule has 2 aliphatic rings. The van der Waals surface area contributed by atoms with Crippen LogP contribution in [-0.4, -0.2) is 42.1 Å². The highest BCUT2D eigenvalue weighted by Gasteiger charge is 2.47. The number of methoxy groups -OCH3 is 1. The number of ether oxygens (including phenoxy) is 3. The summed E-state index contributed by atoms with van der Waals surface area (Å²) in [6, 6.07) is 14.3. The quantitative estimate of drug-likeness (QED) is 0.374. The van der Waals surface area contributed by atoms with Gasteiger partial charge in [-0.25, -0.2) is 0 Å². The summed E-state index contributed by atoms with van der Waals surface area (Å²) in [6.45, 7) is 0.823. The van der Waals surface area contributed by atoms with Gasteiger partial charge in [-0.1, -0.05) is 0 Å². The lowest BCUT2D eigenvalue weighted by molar-refractivity contribution is -0.132. The van der Waals surface area contributed by atoms with Crippen LogP contribution in [0.4, 0.5) is 5.69 Å². The summed E-state index contributed by atoms with van der Waals surface area (Å²) in [5.74, 6) is -0.159. The maximum atomic E-state index is 13.2. The lowest BCUT2D eigenvalue weighted by atomic mass is 9.95. The van der Waals surface area contributed by atoms with Crippen LogP contribution in [0.3, 0.4) is 0 Å². The monoisotopic (exact) mass is 444 g/mol. The highest BCUT2D eigenvalue weighted by Crippen LogP contribution is 2.43. The molecule has 0 aliphatic carbocycles. The fourth-order valence-electron chi connectivity index (χ4n) is 4.05. The SMILES string of the molecule is COc1ccc(N2C(=O)C(=O)/C(=C(\O)c3ccc4c(c3)OCCO4)C2c2ccncc2)cc1. The van der Waals surface area contributed by atoms with Gasteiger partial charge in [-0.3, -0.25) is 19.5 Å². The first-order valence-electron chi connectivity index (χ1n) is 10.3. The molecule has 1 atom stereocenters. The number of Topliss-reactive ketones (excluding diaryl/α,β-unsaturated/α-hetero) is 1. The fraction of sp³-hybridized carbons (Fsp3) is 0.160. The smallest absolute Gasteiger partial charge is 0.300 e. The van der Waals surface area contributed by atoms with E-state index >= 15 is 0 Å². The lowest BCUT2D eigenvalue weighted by Gasteiger charge is -2.25. The number of nitrogens with zero attached hydrogens (tertiary/aromatic N) is 2. The number of ketones is 1. The standard InChI is InChI=1S/C25H20N2O6/c1-31-18-5-3-17(4-6-18)27-22(15-8-10-26-11-9-15)21(24(29)25(27)30)23(28)16-2-7-19-20(14-16)33-13-12-32-19/h2-11,14,22,28H,12-13H2,1H3/b23-21-. The number of benzene rings is 2. The molecule has 1 saturated heterocycles. The van der Waals surface area contributed by atoms with Crippen molar-refractivity contribution in [3.05, 3.63) is 83.7 Å². The zero-order chi connectivity index (χ0) is 22.9. The van der Waals surface area contributed by atoms with Gasteiger partial charge in [0.15, 0.2) is 11.5 Å². The van der Waals surface area contributed by atoms with Crippen LogP contribution in [0.25, 0.3) is 5.76 Å². The van der Waals surface area contributed by atoms with Crippen LogP contribution < -0.4 is 19.1 Å². The number of carbonyl (C=O) groups is 2. The number of aromatic nitrogens is 1. The van der Waals surface area contributed by atoms with Gasteiger partial charge in [0.05, 0.1) is 18.7 Å². The highest BCUT2D eigenvalue weighted by molar-refractivity contribution is 6.51. The van der Waals surface area contributed by atoms with Crippen molar-refractivity contribution < 1.29 is 28.9 Å². The van der Waals surface area contributed by atoms with Crippen molar-refractivity contribution in [3.8, 4) is 17.2 Å². The fourth-order valence-corrected chi connectivity index (χ4v) is 4.05. The van der Waals surface area contributed by atoms with Gasteiger partial charge in [0.2, 0.25) is 0 Å². The summed E-state index contributed by atoms with van der Waals surface area (Å²) in [4.78, 5) is 31.8. The lowest BCUT2D eigenvalue weighted by Crippen LogP contribution is -2.29. The minimum absolute atomic E-state index is 0.0151. The molecule has 1 N–H and O–H groups in total. The van der Waals surface area contributed by atoms with E-state index in [9.17, 15) is 14.7 Å². The third-order valence-electron chi connectivity index (χ3n) is 5.63. The summed E-state index contributed by atoms with van der Waals surface area (Å²) >= 11 is 0. The Morgan fingerprint density at radius 2 is 1.70 bits per heavy atom. The van der Waals surface area contributed by atoms with Crippen molar-refractivity contribution in [2.45, 2.75) is 6.04 Å². The number of aliphatic hydroxyl groups excluding tert-OH is 1. The molecule has 1 fully saturated rings. The molecule has 0 bridgehead atoms. The molecular formula is C25H20N2O6. The van der Waals surface area contributed by atoms with E-state index in [0.29, 0.717) is 47.3 Å². The van der Waals surface area contributed by atoms with Crippen LogP contribution in [0.1, 0.15) is 17.2 Å². The number of aliphatic hydroxyl groups is 1. The molecule has 33 heavy (non-hydrogen) atoms. The maximum absolute atomic E-state index is 13.2. The van der Waals surface area contributed by atoms with Crippen LogP contribution in [0.15, 0.2) is 72.6 Å². The van der Waals surface area contributed by atoms with E-state index in [4.69, 9.17) is 14.2 Å². The zero-order valence-corrected chi connectivity index (χ0v) is 17.7. The number of fused-ring (bicyclic) bond motifs is 1. The average Bonchev–Trinajstić information content (AvgIpc) is 3.14. The second-order valence-corrected chi connectivity index (χ2v) is 7.51. The second kappa shape index (κ2) is 8.31. The number of hydrogen-bond donors (Lipinski definition) is 1. The van der Waals surface area contributed by atoms with E-state index in [1.54, 1.807) is 74.1 Å². The third-order valence-corrected chi connectivity index (χ3v) is 5.63. The Morgan fingerprint density at radius 1 is 1.00 bits per heavy atom. The largest absolute Gasteiger partial charge is 0.507 e. The van der Waals surface area contributed by atoms with E-state index in [-0.39, 0.29) is 11.3 Å². The number of hydrogen-bond acceptors (Lipinski definition) is 7. The van der Waals surface area contributed by atoms with E-state index in [1.807, 2.05) is 0 Å². The summed E-state index contributed by atoms with van der Waals surface area (Å²) in [7, 11) is 1.55. The normalized spacial score (nSPS) is 18.9. The Labute approximate surface area is 189 Å². The molecule has 1 amide bonds. The van der Waals surface area contributed by atoms with Crippen molar-refractivity contribution in [2.75, 3.05) is 25.2 Å². The molecule has 3 heterocycles. The van der Waals surface area contributed by atoms with E-state index in [1.165, 1.54) is 4.90 Å². The van der Waals surface area contributed by atoms with Crippen molar-refractivity contribution >= 4 is 23.1 Å². The van der Waals surface area contributed by atoms with Crippen LogP contribution >= 0.6 is 0 Å². The zero-order valence-electron chi connectivity index (χ0n) is 17.7. The highest BCUT2D eigenvalue weighted by atomic mass is 16.6. The number of pyridine rings is 1. The van der Waals surface area contributed by atoms with Gasteiger partial charge in [-0.05, 0) is 60.2 Å². The first kappa shape index (κ1) is 20.6. The van der Waals surface area contributed by atoms with Crippen molar-refractivity contribution in [1.82, 2.24) is 4.98 Å². The minimum atomic E-state index is -0.838. The topological polar surface area (TPSA) is 98.2 Å². The number of rotatable bonds is 4. The second-order valence-electron chi connectivity index (χ2n) is 7.51. The van der Waals surface area contributed by atoms with Gasteiger partial charge in [-0.15, -0.1) is 0 Å². The Hall–Kier alpha value is -4.33. The Balaban J connectivity index is 1.66. The predicted molar refractivity (Wildman–Crippen MR) is 119 cm³/mol. The molecular weight excluding hydrogens is 424 g/mol. The molecule has 5 rings (SSSR count). The average molecular weight is 444 g/mol. The molecule has 0 saturated carbocycles. The van der Waals surface area contributed by atoms with Gasteiger partial charge in [0.25, 0.3) is 11.7 Å². The maximum Gasteiger partial charge on any atom is 0.300 e. The van der Waals surface area contributed by atoms with Gasteiger partial charge in [-0.2, -0.15) is 0 Å². The number of carbonyl (C=O) groups excluding carboxylic acids is 2. The summed E-state index contributed by atoms with van der Waals surface area (Å²) in [6.07, 6.45) is 3.15. The molecule has 8 heteroatoms. The van der Waals surface area contributed by atoms with Crippen LogP contribution in [0.5, 0.6) is 17.2 Å². The summed E-state index contributed by atoms with van der Waals surface area (Å²) in [5.41, 5.74) is 1.48. The van der Waals surface area contributed by atoms with Crippen LogP contribution in [-0.2, 0) is 9.59 Å². The third kappa shape index (κ3) is 3.55.